The summed E-state index contributed by atoms with van der Waals surface area (Å²) >= 11 is 2.97. The number of halogens is 3. The molecule has 1 fully saturated rings. The quantitative estimate of drug-likeness (QED) is 0.463. The van der Waals surface area contributed by atoms with E-state index in [-0.39, 0.29) is 10.0 Å². The number of rotatable bonds is 2. The maximum Gasteiger partial charge on any atom is 0.235 e. The van der Waals surface area contributed by atoms with Crippen molar-refractivity contribution in [3.05, 3.63) is 33.8 Å². The number of aliphatic imine (C=N–C) groups is 1. The number of carbonyl (C=O) groups excluding carboxylic acids is 1. The highest BCUT2D eigenvalue weighted by atomic mass is 79.9. The van der Waals surface area contributed by atoms with E-state index in [4.69, 9.17) is 0 Å². The molecule has 5 heteroatoms. The highest BCUT2D eigenvalue weighted by molar-refractivity contribution is 9.10. The minimum Gasteiger partial charge on any atom is -0.211 e. The van der Waals surface area contributed by atoms with E-state index in [1.807, 2.05) is 0 Å². The number of nitrogens with zero attached hydrogens (tertiary/aromatic N) is 1. The maximum atomic E-state index is 13.4. The zero-order valence-electron chi connectivity index (χ0n) is 7.56. The molecule has 78 valence electrons. The van der Waals surface area contributed by atoms with E-state index < -0.39 is 17.2 Å². The Morgan fingerprint density at radius 1 is 1.33 bits per heavy atom. The Balaban J connectivity index is 2.54. The van der Waals surface area contributed by atoms with Crippen LogP contribution in [0.2, 0.25) is 0 Å². The molecule has 0 radical (unpaired) electrons. The molecule has 0 saturated heterocycles. The lowest BCUT2D eigenvalue weighted by atomic mass is 10.1. The molecule has 0 atom stereocenters. The van der Waals surface area contributed by atoms with Crippen molar-refractivity contribution in [1.29, 1.82) is 0 Å². The molecule has 0 bridgehead atoms. The summed E-state index contributed by atoms with van der Waals surface area (Å²) < 4.78 is 26.6. The second-order valence-corrected chi connectivity index (χ2v) is 4.34. The Bertz CT molecular complexity index is 465. The van der Waals surface area contributed by atoms with E-state index in [0.717, 1.165) is 6.07 Å². The first kappa shape index (κ1) is 10.5. The predicted molar refractivity (Wildman–Crippen MR) is 53.1 cm³/mol. The standard InChI is InChI=1S/C10H6BrF2NO/c11-7-3-6(8(12)4-9(7)13)10(1-2-10)14-5-15/h3-4H,1-2H2. The predicted octanol–water partition coefficient (Wildman–Crippen LogP) is 3.05. The maximum absolute atomic E-state index is 13.4. The zero-order valence-corrected chi connectivity index (χ0v) is 9.14. The minimum absolute atomic E-state index is 0.172. The minimum atomic E-state index is -0.804. The molecule has 1 aliphatic carbocycles. The summed E-state index contributed by atoms with van der Waals surface area (Å²) in [6.45, 7) is 0. The second-order valence-electron chi connectivity index (χ2n) is 3.48. The highest BCUT2D eigenvalue weighted by Crippen LogP contribution is 2.50. The molecule has 2 rings (SSSR count). The fourth-order valence-corrected chi connectivity index (χ4v) is 1.87. The van der Waals surface area contributed by atoms with Crippen LogP contribution in [0.5, 0.6) is 0 Å². The molecule has 1 aromatic carbocycles. The Morgan fingerprint density at radius 2 is 2.00 bits per heavy atom. The topological polar surface area (TPSA) is 29.4 Å². The number of hydrogen-bond acceptors (Lipinski definition) is 2. The van der Waals surface area contributed by atoms with Gasteiger partial charge in [-0.2, -0.15) is 4.99 Å². The van der Waals surface area contributed by atoms with Crippen LogP contribution in [0, 0.1) is 11.6 Å². The van der Waals surface area contributed by atoms with Crippen LogP contribution >= 0.6 is 15.9 Å². The van der Waals surface area contributed by atoms with Gasteiger partial charge in [-0.1, -0.05) is 0 Å². The third-order valence-electron chi connectivity index (χ3n) is 2.49. The summed E-state index contributed by atoms with van der Waals surface area (Å²) in [6.07, 6.45) is 2.62. The van der Waals surface area contributed by atoms with Crippen molar-refractivity contribution < 1.29 is 13.6 Å². The normalized spacial score (nSPS) is 17.0. The first-order valence-electron chi connectivity index (χ1n) is 4.33. The van der Waals surface area contributed by atoms with Crippen LogP contribution in [0.3, 0.4) is 0 Å². The number of isocyanates is 1. The van der Waals surface area contributed by atoms with Crippen LogP contribution in [0.1, 0.15) is 18.4 Å². The van der Waals surface area contributed by atoms with Gasteiger partial charge in [-0.15, -0.1) is 0 Å². The van der Waals surface area contributed by atoms with Gasteiger partial charge in [0.15, 0.2) is 0 Å². The average Bonchev–Trinajstić information content (AvgIpc) is 2.93. The monoisotopic (exact) mass is 273 g/mol. The molecular weight excluding hydrogens is 268 g/mol. The van der Waals surface area contributed by atoms with E-state index in [0.29, 0.717) is 12.8 Å². The van der Waals surface area contributed by atoms with Gasteiger partial charge in [0.2, 0.25) is 6.08 Å². The molecule has 0 spiro atoms. The fraction of sp³-hybridized carbons (Fsp3) is 0.300. The molecule has 0 heterocycles. The van der Waals surface area contributed by atoms with Crippen molar-refractivity contribution in [2.45, 2.75) is 18.4 Å². The van der Waals surface area contributed by atoms with Gasteiger partial charge in [0.1, 0.15) is 17.2 Å². The van der Waals surface area contributed by atoms with E-state index in [9.17, 15) is 13.6 Å². The average molecular weight is 274 g/mol. The molecule has 1 aliphatic rings. The second kappa shape index (κ2) is 3.51. The fourth-order valence-electron chi connectivity index (χ4n) is 1.53. The Hall–Kier alpha value is -1.06. The summed E-state index contributed by atoms with van der Waals surface area (Å²) in [5.74, 6) is -1.34. The van der Waals surface area contributed by atoms with Crippen LogP contribution in [0.15, 0.2) is 21.6 Å². The molecule has 1 aromatic rings. The van der Waals surface area contributed by atoms with Crippen molar-refractivity contribution in [2.24, 2.45) is 4.99 Å². The molecule has 0 amide bonds. The van der Waals surface area contributed by atoms with Gasteiger partial charge >= 0.3 is 0 Å². The number of benzene rings is 1. The number of hydrogen-bond donors (Lipinski definition) is 0. The van der Waals surface area contributed by atoms with Crippen LogP contribution in [0.4, 0.5) is 8.78 Å². The summed E-state index contributed by atoms with van der Waals surface area (Å²) in [7, 11) is 0. The van der Waals surface area contributed by atoms with E-state index in [1.165, 1.54) is 12.1 Å². The summed E-state index contributed by atoms with van der Waals surface area (Å²) in [6, 6.07) is 2.12. The lowest BCUT2D eigenvalue weighted by molar-refractivity contribution is 0.538. The summed E-state index contributed by atoms with van der Waals surface area (Å²) in [5, 5.41) is 0. The highest BCUT2D eigenvalue weighted by Gasteiger charge is 2.47. The Morgan fingerprint density at radius 3 is 2.53 bits per heavy atom. The molecule has 0 N–H and O–H groups in total. The smallest absolute Gasteiger partial charge is 0.211 e. The van der Waals surface area contributed by atoms with Crippen molar-refractivity contribution in [3.63, 3.8) is 0 Å². The van der Waals surface area contributed by atoms with Crippen molar-refractivity contribution in [3.8, 4) is 0 Å². The molecule has 0 unspecified atom stereocenters. The van der Waals surface area contributed by atoms with E-state index >= 15 is 0 Å². The molecule has 15 heavy (non-hydrogen) atoms. The molecule has 1 saturated carbocycles. The lowest BCUT2D eigenvalue weighted by Crippen LogP contribution is -2.06. The van der Waals surface area contributed by atoms with E-state index in [2.05, 4.69) is 20.9 Å². The van der Waals surface area contributed by atoms with Crippen molar-refractivity contribution in [2.75, 3.05) is 0 Å². The van der Waals surface area contributed by atoms with Crippen molar-refractivity contribution >= 4 is 22.0 Å². The van der Waals surface area contributed by atoms with Gasteiger partial charge in [0, 0.05) is 11.6 Å². The Kier molecular flexibility index (Phi) is 2.44. The SMILES string of the molecule is O=C=NC1(c2cc(Br)c(F)cc2F)CC1. The van der Waals surface area contributed by atoms with Gasteiger partial charge < -0.3 is 0 Å². The van der Waals surface area contributed by atoms with Gasteiger partial charge in [0.25, 0.3) is 0 Å². The third-order valence-corrected chi connectivity index (χ3v) is 3.10. The first-order chi connectivity index (χ1) is 7.09. The van der Waals surface area contributed by atoms with Crippen LogP contribution in [-0.2, 0) is 10.3 Å². The molecule has 0 aliphatic heterocycles. The van der Waals surface area contributed by atoms with Crippen LogP contribution in [-0.4, -0.2) is 6.08 Å². The third kappa shape index (κ3) is 1.73. The van der Waals surface area contributed by atoms with E-state index in [1.54, 1.807) is 0 Å². The zero-order chi connectivity index (χ0) is 11.1. The molecular formula is C10H6BrF2NO. The molecule has 0 aromatic heterocycles. The van der Waals surface area contributed by atoms with Crippen LogP contribution in [0.25, 0.3) is 0 Å². The Labute approximate surface area is 93.1 Å². The van der Waals surface area contributed by atoms with Gasteiger partial charge in [-0.25, -0.2) is 13.6 Å². The molecule has 2 nitrogen and oxygen atoms in total. The largest absolute Gasteiger partial charge is 0.235 e. The summed E-state index contributed by atoms with van der Waals surface area (Å²) in [5.41, 5.74) is -0.554. The first-order valence-corrected chi connectivity index (χ1v) is 5.12. The van der Waals surface area contributed by atoms with Gasteiger partial charge in [0.05, 0.1) is 4.47 Å². The van der Waals surface area contributed by atoms with Gasteiger partial charge in [-0.3, -0.25) is 0 Å². The van der Waals surface area contributed by atoms with Crippen LogP contribution < -0.4 is 0 Å². The van der Waals surface area contributed by atoms with Gasteiger partial charge in [-0.05, 0) is 34.8 Å². The van der Waals surface area contributed by atoms with Crippen molar-refractivity contribution in [1.82, 2.24) is 0 Å². The lowest BCUT2D eigenvalue weighted by Gasteiger charge is -2.10. The summed E-state index contributed by atoms with van der Waals surface area (Å²) in [4.78, 5) is 13.8.